The van der Waals surface area contributed by atoms with Crippen molar-refractivity contribution in [2.75, 3.05) is 24.5 Å². The van der Waals surface area contributed by atoms with Crippen molar-refractivity contribution in [2.45, 2.75) is 44.7 Å². The Morgan fingerprint density at radius 3 is 2.70 bits per heavy atom. The molecule has 2 saturated heterocycles. The van der Waals surface area contributed by atoms with Crippen molar-refractivity contribution < 1.29 is 4.79 Å². The first-order valence-corrected chi connectivity index (χ1v) is 9.84. The molecule has 7 heteroatoms. The SMILES string of the molecule is Cc1cc(N2CCCC(NC(=O)N3CCCC3c3ccncc3)C2)n(C)n1. The third kappa shape index (κ3) is 3.77. The Bertz CT molecular complexity index is 789. The molecule has 2 aliphatic rings. The number of rotatable bonds is 3. The summed E-state index contributed by atoms with van der Waals surface area (Å²) in [7, 11) is 1.98. The van der Waals surface area contributed by atoms with Crippen LogP contribution in [0, 0.1) is 6.92 Å². The van der Waals surface area contributed by atoms with Crippen LogP contribution in [0.4, 0.5) is 10.6 Å². The largest absolute Gasteiger partial charge is 0.355 e. The Morgan fingerprint density at radius 1 is 1.19 bits per heavy atom. The van der Waals surface area contributed by atoms with Crippen LogP contribution in [0.5, 0.6) is 0 Å². The minimum absolute atomic E-state index is 0.0577. The molecule has 0 aliphatic carbocycles. The number of nitrogens with zero attached hydrogens (tertiary/aromatic N) is 5. The number of urea groups is 1. The van der Waals surface area contributed by atoms with Gasteiger partial charge in [-0.05, 0) is 50.3 Å². The summed E-state index contributed by atoms with van der Waals surface area (Å²) in [5, 5.41) is 7.74. The second kappa shape index (κ2) is 7.58. The van der Waals surface area contributed by atoms with Crippen LogP contribution in [0.3, 0.4) is 0 Å². The van der Waals surface area contributed by atoms with Crippen LogP contribution in [-0.4, -0.2) is 51.4 Å². The van der Waals surface area contributed by atoms with Gasteiger partial charge in [-0.15, -0.1) is 0 Å². The van der Waals surface area contributed by atoms with Crippen molar-refractivity contribution in [1.82, 2.24) is 25.0 Å². The van der Waals surface area contributed by atoms with Crippen LogP contribution >= 0.6 is 0 Å². The summed E-state index contributed by atoms with van der Waals surface area (Å²) in [5.41, 5.74) is 2.20. The van der Waals surface area contributed by atoms with Gasteiger partial charge in [0.05, 0.1) is 11.7 Å². The predicted molar refractivity (Wildman–Crippen MR) is 105 cm³/mol. The highest BCUT2D eigenvalue weighted by molar-refractivity contribution is 5.75. The highest BCUT2D eigenvalue weighted by Crippen LogP contribution is 2.31. The van der Waals surface area contributed by atoms with Crippen LogP contribution in [0.1, 0.15) is 43.0 Å². The molecule has 2 unspecified atom stereocenters. The molecular weight excluding hydrogens is 340 g/mol. The van der Waals surface area contributed by atoms with E-state index in [0.29, 0.717) is 0 Å². The minimum atomic E-state index is 0.0577. The second-order valence-corrected chi connectivity index (χ2v) is 7.63. The fourth-order valence-electron chi connectivity index (χ4n) is 4.40. The van der Waals surface area contributed by atoms with Crippen LogP contribution in [-0.2, 0) is 7.05 Å². The molecule has 0 bridgehead atoms. The lowest BCUT2D eigenvalue weighted by molar-refractivity contribution is 0.187. The van der Waals surface area contributed by atoms with E-state index in [0.717, 1.165) is 56.8 Å². The summed E-state index contributed by atoms with van der Waals surface area (Å²) in [6.45, 7) is 4.67. The standard InChI is InChI=1S/C20H28N6O/c1-15-13-19(24(2)23-15)25-11-3-5-17(14-25)22-20(27)26-12-4-6-18(26)16-7-9-21-10-8-16/h7-10,13,17-18H,3-6,11-12,14H2,1-2H3,(H,22,27). The summed E-state index contributed by atoms with van der Waals surface area (Å²) in [6.07, 6.45) is 7.76. The molecule has 0 radical (unpaired) electrons. The zero-order chi connectivity index (χ0) is 18.8. The lowest BCUT2D eigenvalue weighted by Crippen LogP contribution is -2.51. The number of aromatic nitrogens is 3. The van der Waals surface area contributed by atoms with Gasteiger partial charge in [-0.2, -0.15) is 5.10 Å². The average molecular weight is 368 g/mol. The van der Waals surface area contributed by atoms with Crippen molar-refractivity contribution in [3.8, 4) is 0 Å². The molecular formula is C20H28N6O. The van der Waals surface area contributed by atoms with E-state index < -0.39 is 0 Å². The van der Waals surface area contributed by atoms with E-state index in [2.05, 4.69) is 26.4 Å². The molecule has 0 aromatic carbocycles. The van der Waals surface area contributed by atoms with Gasteiger partial charge in [-0.1, -0.05) is 0 Å². The Morgan fingerprint density at radius 2 is 1.96 bits per heavy atom. The molecule has 7 nitrogen and oxygen atoms in total. The maximum absolute atomic E-state index is 13.0. The van der Waals surface area contributed by atoms with E-state index >= 15 is 0 Å². The van der Waals surface area contributed by atoms with E-state index in [1.54, 1.807) is 12.4 Å². The number of pyridine rings is 1. The summed E-state index contributed by atoms with van der Waals surface area (Å²) in [6, 6.07) is 6.53. The number of nitrogens with one attached hydrogen (secondary N) is 1. The minimum Gasteiger partial charge on any atom is -0.355 e. The van der Waals surface area contributed by atoms with Gasteiger partial charge < -0.3 is 15.1 Å². The van der Waals surface area contributed by atoms with Crippen LogP contribution in [0.25, 0.3) is 0 Å². The lowest BCUT2D eigenvalue weighted by Gasteiger charge is -2.36. The topological polar surface area (TPSA) is 66.3 Å². The Labute approximate surface area is 160 Å². The molecule has 2 fully saturated rings. The van der Waals surface area contributed by atoms with Crippen molar-refractivity contribution in [3.63, 3.8) is 0 Å². The smallest absolute Gasteiger partial charge is 0.318 e. The lowest BCUT2D eigenvalue weighted by atomic mass is 10.1. The van der Waals surface area contributed by atoms with Gasteiger partial charge in [-0.25, -0.2) is 4.79 Å². The highest BCUT2D eigenvalue weighted by Gasteiger charge is 2.32. The van der Waals surface area contributed by atoms with Crippen molar-refractivity contribution in [1.29, 1.82) is 0 Å². The third-order valence-corrected chi connectivity index (χ3v) is 5.65. The molecule has 0 saturated carbocycles. The molecule has 2 amide bonds. The molecule has 0 spiro atoms. The normalized spacial score (nSPS) is 22.9. The molecule has 2 aromatic heterocycles. The molecule has 2 atom stereocenters. The Balaban J connectivity index is 1.41. The fourth-order valence-corrected chi connectivity index (χ4v) is 4.40. The number of hydrogen-bond donors (Lipinski definition) is 1. The fraction of sp³-hybridized carbons (Fsp3) is 0.550. The number of carbonyl (C=O) groups is 1. The van der Waals surface area contributed by atoms with Gasteiger partial charge >= 0.3 is 6.03 Å². The van der Waals surface area contributed by atoms with Crippen LogP contribution in [0.15, 0.2) is 30.6 Å². The monoisotopic (exact) mass is 368 g/mol. The van der Waals surface area contributed by atoms with Crippen molar-refractivity contribution in [2.24, 2.45) is 7.05 Å². The number of amides is 2. The molecule has 1 N–H and O–H groups in total. The maximum atomic E-state index is 13.0. The summed E-state index contributed by atoms with van der Waals surface area (Å²) >= 11 is 0. The number of aryl methyl sites for hydroxylation is 2. The summed E-state index contributed by atoms with van der Waals surface area (Å²) in [5.74, 6) is 1.13. The molecule has 2 aromatic rings. The van der Waals surface area contributed by atoms with E-state index in [-0.39, 0.29) is 18.1 Å². The van der Waals surface area contributed by atoms with E-state index in [4.69, 9.17) is 0 Å². The Hall–Kier alpha value is -2.57. The van der Waals surface area contributed by atoms with Gasteiger partial charge in [0.15, 0.2) is 0 Å². The first kappa shape index (κ1) is 17.8. The van der Waals surface area contributed by atoms with E-state index in [1.165, 1.54) is 5.56 Å². The van der Waals surface area contributed by atoms with Gasteiger partial charge in [0.25, 0.3) is 0 Å². The average Bonchev–Trinajstić information content (AvgIpc) is 3.29. The third-order valence-electron chi connectivity index (χ3n) is 5.65. The van der Waals surface area contributed by atoms with E-state index in [9.17, 15) is 4.79 Å². The Kier molecular flexibility index (Phi) is 5.01. The van der Waals surface area contributed by atoms with Gasteiger partial charge in [0.1, 0.15) is 5.82 Å². The summed E-state index contributed by atoms with van der Waals surface area (Å²) < 4.78 is 1.93. The molecule has 144 valence electrons. The number of likely N-dealkylation sites (tertiary alicyclic amines) is 1. The van der Waals surface area contributed by atoms with Crippen molar-refractivity contribution >= 4 is 11.8 Å². The zero-order valence-electron chi connectivity index (χ0n) is 16.1. The van der Waals surface area contributed by atoms with Crippen molar-refractivity contribution in [3.05, 3.63) is 41.9 Å². The number of carbonyl (C=O) groups excluding carboxylic acids is 1. The van der Waals surface area contributed by atoms with E-state index in [1.807, 2.05) is 35.7 Å². The first-order valence-electron chi connectivity index (χ1n) is 9.84. The first-order chi connectivity index (χ1) is 13.1. The predicted octanol–water partition coefficient (Wildman–Crippen LogP) is 2.64. The summed E-state index contributed by atoms with van der Waals surface area (Å²) in [4.78, 5) is 21.4. The molecule has 4 heterocycles. The van der Waals surface area contributed by atoms with Crippen LogP contribution in [0.2, 0.25) is 0 Å². The highest BCUT2D eigenvalue weighted by atomic mass is 16.2. The maximum Gasteiger partial charge on any atom is 0.318 e. The quantitative estimate of drug-likeness (QED) is 0.904. The van der Waals surface area contributed by atoms with Gasteiger partial charge in [0.2, 0.25) is 0 Å². The van der Waals surface area contributed by atoms with Crippen LogP contribution < -0.4 is 10.2 Å². The molecule has 4 rings (SSSR count). The second-order valence-electron chi connectivity index (χ2n) is 7.63. The molecule has 2 aliphatic heterocycles. The number of anilines is 1. The van der Waals surface area contributed by atoms with Gasteiger partial charge in [0, 0.05) is 51.2 Å². The molecule has 27 heavy (non-hydrogen) atoms. The zero-order valence-corrected chi connectivity index (χ0v) is 16.1. The number of hydrogen-bond acceptors (Lipinski definition) is 4. The van der Waals surface area contributed by atoms with Gasteiger partial charge in [-0.3, -0.25) is 9.67 Å². The number of piperidine rings is 1.